The Labute approximate surface area is 103 Å². The van der Waals surface area contributed by atoms with Gasteiger partial charge in [0, 0.05) is 18.3 Å². The van der Waals surface area contributed by atoms with Gasteiger partial charge in [0.05, 0.1) is 30.1 Å². The van der Waals surface area contributed by atoms with E-state index in [9.17, 15) is 15.0 Å². The van der Waals surface area contributed by atoms with Crippen LogP contribution < -0.4 is 10.9 Å². The van der Waals surface area contributed by atoms with Crippen LogP contribution >= 0.6 is 0 Å². The van der Waals surface area contributed by atoms with Crippen LogP contribution in [0.25, 0.3) is 0 Å². The molecule has 3 heterocycles. The van der Waals surface area contributed by atoms with Crippen LogP contribution in [0.15, 0.2) is 16.1 Å². The van der Waals surface area contributed by atoms with E-state index in [-0.39, 0.29) is 29.2 Å². The molecular formula is C11H14N4O3. The van der Waals surface area contributed by atoms with Crippen molar-refractivity contribution in [2.24, 2.45) is 4.99 Å². The van der Waals surface area contributed by atoms with Crippen molar-refractivity contribution in [2.75, 3.05) is 0 Å². The van der Waals surface area contributed by atoms with Crippen LogP contribution in [0.2, 0.25) is 0 Å². The highest BCUT2D eigenvalue weighted by Crippen LogP contribution is 2.33. The highest BCUT2D eigenvalue weighted by Gasteiger charge is 2.44. The van der Waals surface area contributed by atoms with Crippen LogP contribution in [-0.2, 0) is 0 Å². The van der Waals surface area contributed by atoms with E-state index < -0.39 is 12.2 Å². The predicted octanol–water partition coefficient (Wildman–Crippen LogP) is -1.35. The molecule has 96 valence electrons. The van der Waals surface area contributed by atoms with Gasteiger partial charge in [-0.2, -0.15) is 0 Å². The standard InChI is InChI=1S/C11H14N4O3/c1-4-9(16)10(17)7(15-4)5-2-12-8-6(5)13-3-14-11(8)18/h2-5,7,9-10,15-17H,1H3,(H,13,14,18)/t4-,5?,7+,9-,10+/m0/s1. The Balaban J connectivity index is 1.96. The van der Waals surface area contributed by atoms with Gasteiger partial charge < -0.3 is 20.5 Å². The van der Waals surface area contributed by atoms with E-state index in [1.807, 2.05) is 0 Å². The van der Waals surface area contributed by atoms with Gasteiger partial charge in [-0.25, -0.2) is 4.98 Å². The van der Waals surface area contributed by atoms with Crippen LogP contribution in [0.3, 0.4) is 0 Å². The van der Waals surface area contributed by atoms with Crippen LogP contribution in [0.1, 0.15) is 18.5 Å². The molecule has 0 amide bonds. The third kappa shape index (κ3) is 1.52. The molecule has 1 unspecified atom stereocenters. The summed E-state index contributed by atoms with van der Waals surface area (Å²) in [6.45, 7) is 1.80. The number of aliphatic hydroxyl groups excluding tert-OH is 2. The summed E-state index contributed by atoms with van der Waals surface area (Å²) in [6.07, 6.45) is 1.20. The maximum Gasteiger partial charge on any atom is 0.276 e. The maximum absolute atomic E-state index is 11.5. The minimum Gasteiger partial charge on any atom is -0.389 e. The summed E-state index contributed by atoms with van der Waals surface area (Å²) in [5.41, 5.74) is 0.530. The molecule has 0 bridgehead atoms. The van der Waals surface area contributed by atoms with Gasteiger partial charge in [-0.05, 0) is 6.92 Å². The molecule has 0 aliphatic carbocycles. The molecule has 3 rings (SSSR count). The molecule has 2 aliphatic rings. The summed E-state index contributed by atoms with van der Waals surface area (Å²) in [5, 5.41) is 22.9. The van der Waals surface area contributed by atoms with E-state index in [0.29, 0.717) is 5.69 Å². The maximum atomic E-state index is 11.5. The highest BCUT2D eigenvalue weighted by molar-refractivity contribution is 5.80. The lowest BCUT2D eigenvalue weighted by Gasteiger charge is -2.20. The lowest BCUT2D eigenvalue weighted by atomic mass is 9.94. The van der Waals surface area contributed by atoms with E-state index >= 15 is 0 Å². The van der Waals surface area contributed by atoms with Gasteiger partial charge in [-0.1, -0.05) is 0 Å². The Kier molecular flexibility index (Phi) is 2.54. The first-order valence-electron chi connectivity index (χ1n) is 5.83. The fourth-order valence-electron chi connectivity index (χ4n) is 2.59. The van der Waals surface area contributed by atoms with Crippen molar-refractivity contribution in [1.82, 2.24) is 15.3 Å². The number of H-pyrrole nitrogens is 1. The zero-order valence-corrected chi connectivity index (χ0v) is 9.74. The van der Waals surface area contributed by atoms with Crippen molar-refractivity contribution in [3.8, 4) is 0 Å². The van der Waals surface area contributed by atoms with Crippen LogP contribution in [0.5, 0.6) is 0 Å². The van der Waals surface area contributed by atoms with Crippen LogP contribution in [-0.4, -0.2) is 50.7 Å². The number of aliphatic imine (C=N–C) groups is 1. The summed E-state index contributed by atoms with van der Waals surface area (Å²) in [5.74, 6) is -0.295. The van der Waals surface area contributed by atoms with Gasteiger partial charge in [0.15, 0.2) is 0 Å². The van der Waals surface area contributed by atoms with E-state index in [2.05, 4.69) is 20.3 Å². The Bertz CT molecular complexity index is 555. The zero-order chi connectivity index (χ0) is 12.9. The van der Waals surface area contributed by atoms with Gasteiger partial charge in [0.2, 0.25) is 0 Å². The first-order valence-corrected chi connectivity index (χ1v) is 5.83. The first-order chi connectivity index (χ1) is 8.59. The number of hydrogen-bond acceptors (Lipinski definition) is 6. The van der Waals surface area contributed by atoms with Crippen molar-refractivity contribution in [2.45, 2.75) is 37.1 Å². The average Bonchev–Trinajstić information content (AvgIpc) is 2.88. The Morgan fingerprint density at radius 2 is 2.11 bits per heavy atom. The molecule has 0 aromatic carbocycles. The minimum absolute atomic E-state index is 0.204. The third-order valence-electron chi connectivity index (χ3n) is 3.61. The van der Waals surface area contributed by atoms with Crippen LogP contribution in [0.4, 0.5) is 5.69 Å². The normalized spacial score (nSPS) is 38.1. The summed E-state index contributed by atoms with van der Waals surface area (Å²) in [4.78, 5) is 22.2. The second-order valence-corrected chi connectivity index (χ2v) is 4.73. The largest absolute Gasteiger partial charge is 0.389 e. The molecule has 0 spiro atoms. The van der Waals surface area contributed by atoms with E-state index in [0.717, 1.165) is 0 Å². The SMILES string of the molecule is C[C@@H]1N[C@H](C2C=Nc3c2nc[nH]c3=O)[C@@H](O)[C@H]1O. The summed E-state index contributed by atoms with van der Waals surface area (Å²) in [6, 6.07) is -0.584. The van der Waals surface area contributed by atoms with Gasteiger partial charge in [-0.15, -0.1) is 0 Å². The van der Waals surface area contributed by atoms with E-state index in [1.165, 1.54) is 6.33 Å². The van der Waals surface area contributed by atoms with E-state index in [1.54, 1.807) is 13.1 Å². The number of aliphatic hydroxyl groups is 2. The minimum atomic E-state index is -0.900. The number of nitrogens with one attached hydrogen (secondary N) is 2. The Morgan fingerprint density at radius 1 is 1.33 bits per heavy atom. The van der Waals surface area contributed by atoms with Crippen molar-refractivity contribution < 1.29 is 10.2 Å². The van der Waals surface area contributed by atoms with Crippen molar-refractivity contribution in [3.63, 3.8) is 0 Å². The monoisotopic (exact) mass is 250 g/mol. The number of aromatic amines is 1. The molecule has 1 fully saturated rings. The summed E-state index contributed by atoms with van der Waals surface area (Å²) >= 11 is 0. The quantitative estimate of drug-likeness (QED) is 0.492. The molecule has 0 saturated carbocycles. The predicted molar refractivity (Wildman–Crippen MR) is 64.2 cm³/mol. The molecule has 18 heavy (non-hydrogen) atoms. The molecule has 1 aromatic rings. The molecule has 7 heteroatoms. The summed E-state index contributed by atoms with van der Waals surface area (Å²) < 4.78 is 0. The van der Waals surface area contributed by atoms with Crippen LogP contribution in [0, 0.1) is 0 Å². The van der Waals surface area contributed by atoms with Gasteiger partial charge >= 0.3 is 0 Å². The number of hydrogen-bond donors (Lipinski definition) is 4. The molecule has 5 atom stereocenters. The van der Waals surface area contributed by atoms with Crippen molar-refractivity contribution in [1.29, 1.82) is 0 Å². The topological polar surface area (TPSA) is 111 Å². The number of fused-ring (bicyclic) bond motifs is 1. The number of nitrogens with zero attached hydrogens (tertiary/aromatic N) is 2. The summed E-state index contributed by atoms with van der Waals surface area (Å²) in [7, 11) is 0. The Hall–Kier alpha value is -1.57. The van der Waals surface area contributed by atoms with Gasteiger partial charge in [0.25, 0.3) is 5.56 Å². The second kappa shape index (κ2) is 3.98. The fourth-order valence-corrected chi connectivity index (χ4v) is 2.59. The van der Waals surface area contributed by atoms with E-state index in [4.69, 9.17) is 0 Å². The molecular weight excluding hydrogens is 236 g/mol. The number of rotatable bonds is 1. The molecule has 7 nitrogen and oxygen atoms in total. The zero-order valence-electron chi connectivity index (χ0n) is 9.74. The lowest BCUT2D eigenvalue weighted by Crippen LogP contribution is -2.39. The van der Waals surface area contributed by atoms with Gasteiger partial charge in [0.1, 0.15) is 5.69 Å². The molecule has 2 aliphatic heterocycles. The van der Waals surface area contributed by atoms with Crippen molar-refractivity contribution >= 4 is 11.9 Å². The van der Waals surface area contributed by atoms with Crippen molar-refractivity contribution in [3.05, 3.63) is 22.4 Å². The Morgan fingerprint density at radius 3 is 2.78 bits per heavy atom. The fraction of sp³-hybridized carbons (Fsp3) is 0.545. The molecule has 4 N–H and O–H groups in total. The molecule has 1 aromatic heterocycles. The smallest absolute Gasteiger partial charge is 0.276 e. The second-order valence-electron chi connectivity index (χ2n) is 4.73. The third-order valence-corrected chi connectivity index (χ3v) is 3.61. The first kappa shape index (κ1) is 11.5. The molecule has 0 radical (unpaired) electrons. The lowest BCUT2D eigenvalue weighted by molar-refractivity contribution is 0.0293. The average molecular weight is 250 g/mol. The number of aromatic nitrogens is 2. The highest BCUT2D eigenvalue weighted by atomic mass is 16.3. The van der Waals surface area contributed by atoms with Gasteiger partial charge in [-0.3, -0.25) is 9.79 Å². The molecule has 1 saturated heterocycles.